The van der Waals surface area contributed by atoms with Crippen LogP contribution in [0.2, 0.25) is 0 Å². The van der Waals surface area contributed by atoms with E-state index in [9.17, 15) is 5.11 Å². The summed E-state index contributed by atoms with van der Waals surface area (Å²) in [5.74, 6) is 0. The lowest BCUT2D eigenvalue weighted by molar-refractivity contribution is 0.122. The van der Waals surface area contributed by atoms with Crippen LogP contribution in [0, 0.1) is 6.92 Å². The zero-order valence-electron chi connectivity index (χ0n) is 9.07. The topological polar surface area (TPSA) is 32.7 Å². The molecule has 0 saturated carbocycles. The van der Waals surface area contributed by atoms with Crippen molar-refractivity contribution < 1.29 is 9.84 Å². The van der Waals surface area contributed by atoms with Crippen LogP contribution in [-0.2, 0) is 11.3 Å². The van der Waals surface area contributed by atoms with Crippen LogP contribution in [0.3, 0.4) is 0 Å². The number of hydrogen-bond acceptors (Lipinski definition) is 3. The number of aryl methyl sites for hydroxylation is 1. The van der Waals surface area contributed by atoms with Gasteiger partial charge in [0.2, 0.25) is 0 Å². The number of aliphatic hydroxyl groups is 1. The van der Waals surface area contributed by atoms with Gasteiger partial charge in [0, 0.05) is 24.3 Å². The van der Waals surface area contributed by atoms with Gasteiger partial charge in [-0.25, -0.2) is 0 Å². The van der Waals surface area contributed by atoms with Gasteiger partial charge in [-0.05, 0) is 18.6 Å². The van der Waals surface area contributed by atoms with Crippen LogP contribution in [0.1, 0.15) is 11.1 Å². The van der Waals surface area contributed by atoms with Gasteiger partial charge in [0.15, 0.2) is 0 Å². The highest BCUT2D eigenvalue weighted by Crippen LogP contribution is 2.23. The van der Waals surface area contributed by atoms with Crippen molar-refractivity contribution in [1.29, 1.82) is 0 Å². The molecule has 0 amide bonds. The number of ether oxygens (including phenoxy) is 1. The third-order valence-electron chi connectivity index (χ3n) is 2.76. The van der Waals surface area contributed by atoms with E-state index in [4.69, 9.17) is 4.74 Å². The average Bonchev–Trinajstić information content (AvgIpc) is 2.30. The molecule has 1 saturated heterocycles. The summed E-state index contributed by atoms with van der Waals surface area (Å²) >= 11 is 0. The van der Waals surface area contributed by atoms with Crippen LogP contribution in [0.5, 0.6) is 0 Å². The molecule has 15 heavy (non-hydrogen) atoms. The maximum atomic E-state index is 9.28. The number of rotatable bonds is 2. The molecule has 0 bridgehead atoms. The average molecular weight is 207 g/mol. The molecule has 3 heteroatoms. The van der Waals surface area contributed by atoms with E-state index in [0.717, 1.165) is 37.6 Å². The first-order valence-electron chi connectivity index (χ1n) is 5.34. The Balaban J connectivity index is 2.27. The molecular formula is C12H17NO2. The maximum Gasteiger partial charge on any atom is 0.0702 e. The minimum Gasteiger partial charge on any atom is -0.392 e. The lowest BCUT2D eigenvalue weighted by atomic mass is 10.1. The van der Waals surface area contributed by atoms with Crippen molar-refractivity contribution in [2.24, 2.45) is 0 Å². The van der Waals surface area contributed by atoms with E-state index in [1.165, 1.54) is 5.56 Å². The van der Waals surface area contributed by atoms with E-state index in [1.807, 2.05) is 12.1 Å². The molecule has 1 aliphatic heterocycles. The first-order chi connectivity index (χ1) is 7.31. The van der Waals surface area contributed by atoms with Crippen LogP contribution < -0.4 is 4.90 Å². The Morgan fingerprint density at radius 2 is 2.07 bits per heavy atom. The molecular weight excluding hydrogens is 190 g/mol. The van der Waals surface area contributed by atoms with Gasteiger partial charge in [-0.1, -0.05) is 12.1 Å². The SMILES string of the molecule is Cc1ccc(CO)c(N2CCOCC2)c1. The zero-order valence-corrected chi connectivity index (χ0v) is 9.07. The molecule has 1 aliphatic rings. The zero-order chi connectivity index (χ0) is 10.7. The molecule has 1 aromatic rings. The third-order valence-corrected chi connectivity index (χ3v) is 2.76. The molecule has 0 atom stereocenters. The Morgan fingerprint density at radius 1 is 1.33 bits per heavy atom. The molecule has 82 valence electrons. The highest BCUT2D eigenvalue weighted by molar-refractivity contribution is 5.55. The molecule has 0 spiro atoms. The van der Waals surface area contributed by atoms with Crippen molar-refractivity contribution in [1.82, 2.24) is 0 Å². The molecule has 2 rings (SSSR count). The van der Waals surface area contributed by atoms with Crippen molar-refractivity contribution in [3.8, 4) is 0 Å². The van der Waals surface area contributed by atoms with Crippen LogP contribution in [0.15, 0.2) is 18.2 Å². The van der Waals surface area contributed by atoms with Crippen LogP contribution in [0.25, 0.3) is 0 Å². The minimum absolute atomic E-state index is 0.104. The van der Waals surface area contributed by atoms with Gasteiger partial charge in [-0.3, -0.25) is 0 Å². The quantitative estimate of drug-likeness (QED) is 0.794. The number of hydrogen-bond donors (Lipinski definition) is 1. The number of anilines is 1. The van der Waals surface area contributed by atoms with Gasteiger partial charge in [0.25, 0.3) is 0 Å². The summed E-state index contributed by atoms with van der Waals surface area (Å²) in [4.78, 5) is 2.28. The molecule has 1 N–H and O–H groups in total. The normalized spacial score (nSPS) is 16.8. The summed E-state index contributed by atoms with van der Waals surface area (Å²) in [6.45, 7) is 5.56. The van der Waals surface area contributed by atoms with Crippen molar-refractivity contribution in [3.63, 3.8) is 0 Å². The predicted octanol–water partition coefficient (Wildman–Crippen LogP) is 1.32. The molecule has 0 aliphatic carbocycles. The smallest absolute Gasteiger partial charge is 0.0702 e. The van der Waals surface area contributed by atoms with Crippen LogP contribution in [-0.4, -0.2) is 31.4 Å². The minimum atomic E-state index is 0.104. The lowest BCUT2D eigenvalue weighted by Gasteiger charge is -2.30. The molecule has 0 radical (unpaired) electrons. The Kier molecular flexibility index (Phi) is 3.23. The summed E-state index contributed by atoms with van der Waals surface area (Å²) in [7, 11) is 0. The third kappa shape index (κ3) is 2.30. The van der Waals surface area contributed by atoms with Crippen LogP contribution >= 0.6 is 0 Å². The summed E-state index contributed by atoms with van der Waals surface area (Å²) in [6.07, 6.45) is 0. The second-order valence-electron chi connectivity index (χ2n) is 3.89. The second-order valence-corrected chi connectivity index (χ2v) is 3.89. The number of benzene rings is 1. The number of aliphatic hydroxyl groups excluding tert-OH is 1. The highest BCUT2D eigenvalue weighted by Gasteiger charge is 2.14. The largest absolute Gasteiger partial charge is 0.392 e. The Morgan fingerprint density at radius 3 is 2.73 bits per heavy atom. The Bertz CT molecular complexity index is 332. The van der Waals surface area contributed by atoms with Crippen molar-refractivity contribution in [2.75, 3.05) is 31.2 Å². The summed E-state index contributed by atoms with van der Waals surface area (Å²) < 4.78 is 5.32. The molecule has 1 aromatic carbocycles. The van der Waals surface area contributed by atoms with Crippen molar-refractivity contribution in [3.05, 3.63) is 29.3 Å². The fourth-order valence-corrected chi connectivity index (χ4v) is 1.91. The molecule has 0 unspecified atom stereocenters. The monoisotopic (exact) mass is 207 g/mol. The van der Waals surface area contributed by atoms with E-state index in [2.05, 4.69) is 17.9 Å². The summed E-state index contributed by atoms with van der Waals surface area (Å²) in [5.41, 5.74) is 3.39. The van der Waals surface area contributed by atoms with E-state index in [0.29, 0.717) is 0 Å². The fraction of sp³-hybridized carbons (Fsp3) is 0.500. The standard InChI is InChI=1S/C12H17NO2/c1-10-2-3-11(9-14)12(8-10)13-4-6-15-7-5-13/h2-3,8,14H,4-7,9H2,1H3. The molecule has 1 fully saturated rings. The Labute approximate surface area is 90.3 Å². The Hall–Kier alpha value is -1.06. The summed E-state index contributed by atoms with van der Waals surface area (Å²) in [6, 6.07) is 6.17. The molecule has 1 heterocycles. The maximum absolute atomic E-state index is 9.28. The molecule has 3 nitrogen and oxygen atoms in total. The van der Waals surface area contributed by atoms with Gasteiger partial charge in [0.1, 0.15) is 0 Å². The van der Waals surface area contributed by atoms with Crippen LogP contribution in [0.4, 0.5) is 5.69 Å². The van der Waals surface area contributed by atoms with E-state index in [-0.39, 0.29) is 6.61 Å². The van der Waals surface area contributed by atoms with Crippen molar-refractivity contribution >= 4 is 5.69 Å². The highest BCUT2D eigenvalue weighted by atomic mass is 16.5. The van der Waals surface area contributed by atoms with Gasteiger partial charge in [-0.2, -0.15) is 0 Å². The molecule has 0 aromatic heterocycles. The van der Waals surface area contributed by atoms with E-state index < -0.39 is 0 Å². The van der Waals surface area contributed by atoms with Gasteiger partial charge < -0.3 is 14.7 Å². The van der Waals surface area contributed by atoms with E-state index in [1.54, 1.807) is 0 Å². The second kappa shape index (κ2) is 4.64. The predicted molar refractivity (Wildman–Crippen MR) is 60.1 cm³/mol. The van der Waals surface area contributed by atoms with E-state index >= 15 is 0 Å². The fourth-order valence-electron chi connectivity index (χ4n) is 1.91. The first kappa shape index (κ1) is 10.5. The summed E-state index contributed by atoms with van der Waals surface area (Å²) in [5, 5.41) is 9.28. The van der Waals surface area contributed by atoms with Gasteiger partial charge in [-0.15, -0.1) is 0 Å². The number of nitrogens with zero attached hydrogens (tertiary/aromatic N) is 1. The van der Waals surface area contributed by atoms with Gasteiger partial charge in [0.05, 0.1) is 19.8 Å². The van der Waals surface area contributed by atoms with Gasteiger partial charge >= 0.3 is 0 Å². The number of morpholine rings is 1. The lowest BCUT2D eigenvalue weighted by Crippen LogP contribution is -2.36. The van der Waals surface area contributed by atoms with Crippen molar-refractivity contribution in [2.45, 2.75) is 13.5 Å². The first-order valence-corrected chi connectivity index (χ1v) is 5.34.